The molecule has 1 aromatic heterocycles. The number of carbonyl (C=O) groups is 1. The average Bonchev–Trinajstić information content (AvgIpc) is 2.80. The van der Waals surface area contributed by atoms with Crippen molar-refractivity contribution in [2.24, 2.45) is 0 Å². The Kier molecular flexibility index (Phi) is 4.38. The van der Waals surface area contributed by atoms with Gasteiger partial charge >= 0.3 is 5.97 Å². The average molecular weight is 397 g/mol. The van der Waals surface area contributed by atoms with Crippen LogP contribution in [0.1, 0.15) is 9.67 Å². The number of hydrogen-bond acceptors (Lipinski definition) is 4. The fourth-order valence-electron chi connectivity index (χ4n) is 1.40. The molecule has 0 aliphatic carbocycles. The van der Waals surface area contributed by atoms with E-state index in [2.05, 4.69) is 20.7 Å². The molecule has 0 fully saturated rings. The summed E-state index contributed by atoms with van der Waals surface area (Å²) >= 11 is 9.88. The van der Waals surface area contributed by atoms with Crippen molar-refractivity contribution in [2.75, 3.05) is 4.72 Å². The van der Waals surface area contributed by atoms with E-state index in [1.54, 1.807) is 0 Å². The largest absolute Gasteiger partial charge is 0.477 e. The molecule has 0 amide bonds. The number of carboxylic acid groups (broad SMARTS) is 1. The summed E-state index contributed by atoms with van der Waals surface area (Å²) in [5, 5.41) is 10.8. The second kappa shape index (κ2) is 5.72. The van der Waals surface area contributed by atoms with E-state index < -0.39 is 16.0 Å². The van der Waals surface area contributed by atoms with E-state index in [0.29, 0.717) is 9.50 Å². The van der Waals surface area contributed by atoms with Gasteiger partial charge in [0, 0.05) is 4.47 Å². The van der Waals surface area contributed by atoms with Crippen LogP contribution < -0.4 is 4.72 Å². The van der Waals surface area contributed by atoms with Gasteiger partial charge in [0.1, 0.15) is 4.88 Å². The van der Waals surface area contributed by atoms with Gasteiger partial charge in [-0.1, -0.05) is 11.6 Å². The Morgan fingerprint density at radius 2 is 2.05 bits per heavy atom. The Bertz CT molecular complexity index is 772. The van der Waals surface area contributed by atoms with E-state index in [4.69, 9.17) is 16.7 Å². The summed E-state index contributed by atoms with van der Waals surface area (Å²) < 4.78 is 27.0. The minimum absolute atomic E-state index is 0.0173. The molecule has 2 aromatic rings. The van der Waals surface area contributed by atoms with Crippen molar-refractivity contribution in [1.82, 2.24) is 0 Å². The minimum atomic E-state index is -3.87. The molecule has 5 nitrogen and oxygen atoms in total. The number of rotatable bonds is 4. The maximum atomic E-state index is 12.2. The molecule has 106 valence electrons. The van der Waals surface area contributed by atoms with E-state index in [1.165, 1.54) is 29.6 Å². The van der Waals surface area contributed by atoms with Crippen molar-refractivity contribution < 1.29 is 18.3 Å². The molecule has 1 aromatic carbocycles. The van der Waals surface area contributed by atoms with E-state index in [9.17, 15) is 13.2 Å². The van der Waals surface area contributed by atoms with Crippen molar-refractivity contribution >= 4 is 60.5 Å². The van der Waals surface area contributed by atoms with E-state index in [-0.39, 0.29) is 15.5 Å². The van der Waals surface area contributed by atoms with Crippen LogP contribution in [0, 0.1) is 0 Å². The SMILES string of the molecule is O=C(O)c1sccc1NS(=O)(=O)c1ccc(Cl)c(Br)c1. The second-order valence-electron chi connectivity index (χ2n) is 3.65. The lowest BCUT2D eigenvalue weighted by atomic mass is 10.4. The molecule has 0 radical (unpaired) electrons. The molecule has 0 spiro atoms. The Hall–Kier alpha value is -1.09. The first-order valence-electron chi connectivity index (χ1n) is 5.10. The molecule has 2 rings (SSSR count). The first-order valence-corrected chi connectivity index (χ1v) is 8.63. The zero-order valence-corrected chi connectivity index (χ0v) is 13.6. The molecule has 2 N–H and O–H groups in total. The number of thiophene rings is 1. The summed E-state index contributed by atoms with van der Waals surface area (Å²) in [5.41, 5.74) is 0.0357. The number of hydrogen-bond donors (Lipinski definition) is 2. The van der Waals surface area contributed by atoms with Crippen LogP contribution >= 0.6 is 38.9 Å². The van der Waals surface area contributed by atoms with Crippen molar-refractivity contribution in [3.8, 4) is 0 Å². The van der Waals surface area contributed by atoms with Crippen LogP contribution in [0.2, 0.25) is 5.02 Å². The van der Waals surface area contributed by atoms with Gasteiger partial charge in [-0.3, -0.25) is 4.72 Å². The lowest BCUT2D eigenvalue weighted by Gasteiger charge is -2.08. The molecule has 0 bridgehead atoms. The van der Waals surface area contributed by atoms with Crippen LogP contribution in [-0.2, 0) is 10.0 Å². The highest BCUT2D eigenvalue weighted by Gasteiger charge is 2.20. The number of nitrogens with one attached hydrogen (secondary N) is 1. The molecule has 0 aliphatic heterocycles. The number of carboxylic acids is 1. The molecule has 0 saturated heterocycles. The molecule has 0 saturated carbocycles. The fourth-order valence-corrected chi connectivity index (χ4v) is 3.90. The summed E-state index contributed by atoms with van der Waals surface area (Å²) in [6, 6.07) is 5.52. The Morgan fingerprint density at radius 1 is 1.35 bits per heavy atom. The van der Waals surface area contributed by atoms with Gasteiger partial charge in [-0.15, -0.1) is 11.3 Å². The van der Waals surface area contributed by atoms with Crippen LogP contribution in [0.25, 0.3) is 0 Å². The van der Waals surface area contributed by atoms with Gasteiger partial charge in [0.25, 0.3) is 10.0 Å². The first-order chi connectivity index (χ1) is 9.31. The van der Waals surface area contributed by atoms with Crippen LogP contribution in [0.4, 0.5) is 5.69 Å². The number of anilines is 1. The molecular weight excluding hydrogens is 390 g/mol. The third-order valence-electron chi connectivity index (χ3n) is 2.31. The second-order valence-corrected chi connectivity index (χ2v) is 7.51. The van der Waals surface area contributed by atoms with Gasteiger partial charge < -0.3 is 5.11 Å². The van der Waals surface area contributed by atoms with Gasteiger partial charge in [0.2, 0.25) is 0 Å². The normalized spacial score (nSPS) is 11.3. The summed E-state index contributed by atoms with van der Waals surface area (Å²) in [4.78, 5) is 10.9. The van der Waals surface area contributed by atoms with Crippen molar-refractivity contribution in [1.29, 1.82) is 0 Å². The van der Waals surface area contributed by atoms with Gasteiger partial charge in [0.15, 0.2) is 0 Å². The molecule has 1 heterocycles. The van der Waals surface area contributed by atoms with Gasteiger partial charge in [-0.05, 0) is 45.6 Å². The van der Waals surface area contributed by atoms with E-state index in [1.807, 2.05) is 0 Å². The van der Waals surface area contributed by atoms with Gasteiger partial charge in [0.05, 0.1) is 15.6 Å². The highest BCUT2D eigenvalue weighted by molar-refractivity contribution is 9.10. The van der Waals surface area contributed by atoms with E-state index in [0.717, 1.165) is 11.3 Å². The summed E-state index contributed by atoms with van der Waals surface area (Å²) in [5.74, 6) is -1.19. The highest BCUT2D eigenvalue weighted by Crippen LogP contribution is 2.28. The monoisotopic (exact) mass is 395 g/mol. The molecule has 20 heavy (non-hydrogen) atoms. The first kappa shape index (κ1) is 15.3. The number of halogens is 2. The summed E-state index contributed by atoms with van der Waals surface area (Å²) in [7, 11) is -3.87. The zero-order valence-electron chi connectivity index (χ0n) is 9.63. The highest BCUT2D eigenvalue weighted by atomic mass is 79.9. The van der Waals surface area contributed by atoms with Crippen molar-refractivity contribution in [3.05, 3.63) is 44.0 Å². The number of benzene rings is 1. The summed E-state index contributed by atoms with van der Waals surface area (Å²) in [6.45, 7) is 0. The van der Waals surface area contributed by atoms with Gasteiger partial charge in [-0.2, -0.15) is 0 Å². The van der Waals surface area contributed by atoms with Crippen molar-refractivity contribution in [3.63, 3.8) is 0 Å². The van der Waals surface area contributed by atoms with Gasteiger partial charge in [-0.25, -0.2) is 13.2 Å². The summed E-state index contributed by atoms with van der Waals surface area (Å²) in [6.07, 6.45) is 0. The lowest BCUT2D eigenvalue weighted by Crippen LogP contribution is -2.14. The van der Waals surface area contributed by atoms with Crippen LogP contribution in [0.3, 0.4) is 0 Å². The third kappa shape index (κ3) is 3.14. The quantitative estimate of drug-likeness (QED) is 0.826. The predicted octanol–water partition coefficient (Wildman–Crippen LogP) is 3.66. The number of sulfonamides is 1. The molecule has 9 heteroatoms. The lowest BCUT2D eigenvalue weighted by molar-refractivity contribution is 0.0703. The standard InChI is InChI=1S/C11H7BrClNO4S2/c12-7-5-6(1-2-8(7)13)20(17,18)14-9-3-4-19-10(9)11(15)16/h1-5,14H,(H,15,16). The molecule has 0 aliphatic rings. The van der Waals surface area contributed by atoms with Crippen molar-refractivity contribution in [2.45, 2.75) is 4.90 Å². The Morgan fingerprint density at radius 3 is 2.65 bits per heavy atom. The topological polar surface area (TPSA) is 83.5 Å². The maximum Gasteiger partial charge on any atom is 0.348 e. The maximum absolute atomic E-state index is 12.2. The fraction of sp³-hybridized carbons (Fsp3) is 0. The Balaban J connectivity index is 2.38. The Labute approximate surface area is 132 Å². The van der Waals surface area contributed by atoms with Crippen LogP contribution in [0.5, 0.6) is 0 Å². The zero-order chi connectivity index (χ0) is 14.9. The van der Waals surface area contributed by atoms with Crippen LogP contribution in [-0.4, -0.2) is 19.5 Å². The number of aromatic carboxylic acids is 1. The predicted molar refractivity (Wildman–Crippen MR) is 81.2 cm³/mol. The van der Waals surface area contributed by atoms with E-state index >= 15 is 0 Å². The smallest absolute Gasteiger partial charge is 0.348 e. The molecular formula is C11H7BrClNO4S2. The van der Waals surface area contributed by atoms with Crippen LogP contribution in [0.15, 0.2) is 39.0 Å². The third-order valence-corrected chi connectivity index (χ3v) is 5.78. The minimum Gasteiger partial charge on any atom is -0.477 e. The molecule has 0 unspecified atom stereocenters. The molecule has 0 atom stereocenters.